The van der Waals surface area contributed by atoms with Gasteiger partial charge in [0.2, 0.25) is 5.95 Å². The van der Waals surface area contributed by atoms with Crippen LogP contribution < -0.4 is 26.0 Å². The van der Waals surface area contributed by atoms with Gasteiger partial charge in [-0.3, -0.25) is 14.2 Å². The first-order valence-corrected chi connectivity index (χ1v) is 11.8. The van der Waals surface area contributed by atoms with Crippen molar-refractivity contribution in [3.8, 4) is 17.1 Å². The molecule has 1 amide bonds. The van der Waals surface area contributed by atoms with E-state index >= 15 is 0 Å². The van der Waals surface area contributed by atoms with Gasteiger partial charge < -0.3 is 26.0 Å². The summed E-state index contributed by atoms with van der Waals surface area (Å²) in [5.74, 6) is 0.972. The molecule has 4 heterocycles. The number of aromatic nitrogens is 8. The lowest BCUT2D eigenvalue weighted by Crippen LogP contribution is -2.29. The van der Waals surface area contributed by atoms with Crippen molar-refractivity contribution in [2.75, 3.05) is 37.9 Å². The number of piperidine rings is 1. The fraction of sp³-hybridized carbons (Fsp3) is 0.348. The largest absolute Gasteiger partial charge is 0.494 e. The third-order valence-electron chi connectivity index (χ3n) is 5.98. The molecule has 37 heavy (non-hydrogen) atoms. The van der Waals surface area contributed by atoms with E-state index < -0.39 is 5.91 Å². The average molecular weight is 505 g/mol. The first-order chi connectivity index (χ1) is 18.1. The molecule has 14 nitrogen and oxygen atoms in total. The minimum atomic E-state index is -0.436. The highest BCUT2D eigenvalue weighted by Gasteiger charge is 2.21. The molecule has 1 aliphatic heterocycles. The van der Waals surface area contributed by atoms with Gasteiger partial charge >= 0.3 is 0 Å². The van der Waals surface area contributed by atoms with Crippen LogP contribution in [0.1, 0.15) is 29.4 Å². The number of rotatable bonds is 8. The van der Waals surface area contributed by atoms with Crippen molar-refractivity contribution in [1.82, 2.24) is 50.4 Å². The Hall–Kier alpha value is -4.59. The molecule has 1 aromatic carbocycles. The number of benzene rings is 1. The number of methoxy groups -OCH3 is 1. The zero-order chi connectivity index (χ0) is 25.8. The predicted octanol–water partition coefficient (Wildman–Crippen LogP) is 1.64. The molecule has 1 fully saturated rings. The summed E-state index contributed by atoms with van der Waals surface area (Å²) < 4.78 is 9.24. The summed E-state index contributed by atoms with van der Waals surface area (Å²) in [6, 6.07) is 5.83. The summed E-state index contributed by atoms with van der Waals surface area (Å²) in [5, 5.41) is 29.3. The topological polar surface area (TPSA) is 162 Å². The van der Waals surface area contributed by atoms with E-state index in [9.17, 15) is 4.79 Å². The number of nitrogens with zero attached hydrogens (tertiary/aromatic N) is 8. The summed E-state index contributed by atoms with van der Waals surface area (Å²) >= 11 is 0. The van der Waals surface area contributed by atoms with Gasteiger partial charge in [0.05, 0.1) is 36.3 Å². The number of aryl methyl sites for hydroxylation is 1. The maximum atomic E-state index is 12.5. The Bertz CT molecular complexity index is 1390. The van der Waals surface area contributed by atoms with Crippen LogP contribution in [0.25, 0.3) is 11.4 Å². The maximum absolute atomic E-state index is 12.5. The summed E-state index contributed by atoms with van der Waals surface area (Å²) in [6.07, 6.45) is 7.28. The molecule has 1 saturated heterocycles. The van der Waals surface area contributed by atoms with Crippen LogP contribution in [0.4, 0.5) is 23.1 Å². The Labute approximate surface area is 212 Å². The van der Waals surface area contributed by atoms with Crippen LogP contribution in [0.5, 0.6) is 5.75 Å². The SMILES string of the molecule is CNC(=O)c1nnc(Nc2cnn(C3CCNCC3)c2)nc1Nc1cccc(-c2ncn(C)n2)c1OC. The van der Waals surface area contributed by atoms with Crippen molar-refractivity contribution in [3.05, 3.63) is 42.6 Å². The zero-order valence-electron chi connectivity index (χ0n) is 20.8. The monoisotopic (exact) mass is 504 g/mol. The molecule has 0 aliphatic carbocycles. The number of carbonyl (C=O) groups is 1. The number of hydrogen-bond acceptors (Lipinski definition) is 11. The molecule has 1 aliphatic rings. The lowest BCUT2D eigenvalue weighted by molar-refractivity contribution is 0.0957. The number of amides is 1. The number of anilines is 4. The minimum absolute atomic E-state index is 0.0295. The third-order valence-corrected chi connectivity index (χ3v) is 5.98. The van der Waals surface area contributed by atoms with Crippen LogP contribution in [0, 0.1) is 0 Å². The van der Waals surface area contributed by atoms with Gasteiger partial charge in [-0.05, 0) is 38.1 Å². The molecule has 0 atom stereocenters. The van der Waals surface area contributed by atoms with E-state index in [0.29, 0.717) is 28.9 Å². The Morgan fingerprint density at radius 3 is 2.76 bits per heavy atom. The van der Waals surface area contributed by atoms with Crippen LogP contribution in [0.3, 0.4) is 0 Å². The predicted molar refractivity (Wildman–Crippen MR) is 136 cm³/mol. The van der Waals surface area contributed by atoms with E-state index in [4.69, 9.17) is 4.74 Å². The highest BCUT2D eigenvalue weighted by Crippen LogP contribution is 2.36. The molecule has 4 aromatic rings. The van der Waals surface area contributed by atoms with Crippen molar-refractivity contribution < 1.29 is 9.53 Å². The summed E-state index contributed by atoms with van der Waals surface area (Å²) in [6.45, 7) is 1.94. The highest BCUT2D eigenvalue weighted by molar-refractivity contribution is 5.97. The quantitative estimate of drug-likeness (QED) is 0.276. The molecular weight excluding hydrogens is 476 g/mol. The van der Waals surface area contributed by atoms with Crippen molar-refractivity contribution in [2.24, 2.45) is 7.05 Å². The van der Waals surface area contributed by atoms with Gasteiger partial charge in [0.25, 0.3) is 5.91 Å². The van der Waals surface area contributed by atoms with E-state index in [1.807, 2.05) is 23.0 Å². The standard InChI is InChI=1S/C23H28N12O2/c1-24-22(36)18-21(29-17-6-4-5-16(19(17)37-3)20-26-13-34(2)33-20)30-23(32-31-18)28-14-11-27-35(12-14)15-7-9-25-10-8-15/h4-6,11-13,15,25H,7-10H2,1-3H3,(H,24,36)(H2,28,29,30,32). The van der Waals surface area contributed by atoms with E-state index in [1.165, 1.54) is 7.05 Å². The molecule has 5 rings (SSSR count). The Morgan fingerprint density at radius 2 is 2.03 bits per heavy atom. The molecule has 0 spiro atoms. The van der Waals surface area contributed by atoms with Gasteiger partial charge in [-0.2, -0.15) is 15.2 Å². The second-order valence-electron chi connectivity index (χ2n) is 8.48. The first-order valence-electron chi connectivity index (χ1n) is 11.8. The number of nitrogens with one attached hydrogen (secondary N) is 4. The van der Waals surface area contributed by atoms with Gasteiger partial charge in [0.1, 0.15) is 6.33 Å². The molecule has 4 N–H and O–H groups in total. The van der Waals surface area contributed by atoms with E-state index in [0.717, 1.165) is 31.6 Å². The number of hydrogen-bond donors (Lipinski definition) is 4. The number of carbonyl (C=O) groups excluding carboxylic acids is 1. The Balaban J connectivity index is 1.44. The maximum Gasteiger partial charge on any atom is 0.275 e. The van der Waals surface area contributed by atoms with Gasteiger partial charge in [-0.1, -0.05) is 6.07 Å². The smallest absolute Gasteiger partial charge is 0.275 e. The van der Waals surface area contributed by atoms with Gasteiger partial charge in [-0.15, -0.1) is 10.2 Å². The second-order valence-corrected chi connectivity index (χ2v) is 8.48. The van der Waals surface area contributed by atoms with Gasteiger partial charge in [0, 0.05) is 20.3 Å². The highest BCUT2D eigenvalue weighted by atomic mass is 16.5. The van der Waals surface area contributed by atoms with Crippen LogP contribution in [-0.4, -0.2) is 72.9 Å². The fourth-order valence-electron chi connectivity index (χ4n) is 4.16. The van der Waals surface area contributed by atoms with E-state index in [2.05, 4.69) is 51.6 Å². The second kappa shape index (κ2) is 10.6. The van der Waals surface area contributed by atoms with Crippen molar-refractivity contribution in [2.45, 2.75) is 18.9 Å². The zero-order valence-corrected chi connectivity index (χ0v) is 20.8. The van der Waals surface area contributed by atoms with Gasteiger partial charge in [0.15, 0.2) is 23.1 Å². The molecule has 14 heteroatoms. The van der Waals surface area contributed by atoms with Gasteiger partial charge in [-0.25, -0.2) is 4.98 Å². The summed E-state index contributed by atoms with van der Waals surface area (Å²) in [7, 11) is 4.86. The molecule has 0 unspecified atom stereocenters. The molecule has 0 bridgehead atoms. The Kier molecular flexibility index (Phi) is 6.89. The molecule has 192 valence electrons. The van der Waals surface area contributed by atoms with E-state index in [-0.39, 0.29) is 17.5 Å². The molecule has 0 radical (unpaired) electrons. The van der Waals surface area contributed by atoms with Crippen molar-refractivity contribution >= 4 is 29.0 Å². The first kappa shape index (κ1) is 24.1. The lowest BCUT2D eigenvalue weighted by atomic mass is 10.1. The molecule has 3 aromatic heterocycles. The Morgan fingerprint density at radius 1 is 1.19 bits per heavy atom. The fourth-order valence-corrected chi connectivity index (χ4v) is 4.16. The third kappa shape index (κ3) is 5.18. The van der Waals surface area contributed by atoms with Crippen LogP contribution >= 0.6 is 0 Å². The summed E-state index contributed by atoms with van der Waals surface area (Å²) in [4.78, 5) is 21.4. The molecular formula is C23H28N12O2. The summed E-state index contributed by atoms with van der Waals surface area (Å²) in [5.41, 5.74) is 1.99. The van der Waals surface area contributed by atoms with Crippen molar-refractivity contribution in [1.29, 1.82) is 0 Å². The van der Waals surface area contributed by atoms with Crippen LogP contribution in [0.15, 0.2) is 36.9 Å². The van der Waals surface area contributed by atoms with Crippen LogP contribution in [0.2, 0.25) is 0 Å². The normalized spacial score (nSPS) is 13.8. The average Bonchev–Trinajstić information content (AvgIpc) is 3.58. The number of ether oxygens (including phenoxy) is 1. The minimum Gasteiger partial charge on any atom is -0.494 e. The lowest BCUT2D eigenvalue weighted by Gasteiger charge is -2.22. The van der Waals surface area contributed by atoms with Crippen LogP contribution in [-0.2, 0) is 7.05 Å². The van der Waals surface area contributed by atoms with Crippen molar-refractivity contribution in [3.63, 3.8) is 0 Å². The number of para-hydroxylation sites is 1. The molecule has 0 saturated carbocycles. The van der Waals surface area contributed by atoms with E-state index in [1.54, 1.807) is 37.4 Å².